The highest BCUT2D eigenvalue weighted by Gasteiger charge is 2.59. The molecule has 4 aliphatic carbocycles. The SMILES string of the molecule is C[C@H](/C=N/NC1=NCCN1)[C@H]1CC[C@H]2[C@@H]3CC=C4C[C@@H](O)CC[C@]4(C)[C@H]3CC[C@]12C. The maximum absolute atomic E-state index is 10.2. The van der Waals surface area contributed by atoms with Crippen LogP contribution in [0.15, 0.2) is 21.7 Å². The molecule has 0 aromatic carbocycles. The third-order valence-electron chi connectivity index (χ3n) is 9.94. The van der Waals surface area contributed by atoms with E-state index in [1.807, 2.05) is 0 Å². The van der Waals surface area contributed by atoms with Gasteiger partial charge in [-0.25, -0.2) is 10.4 Å². The molecule has 0 saturated heterocycles. The number of aliphatic imine (C=N–C) groups is 1. The summed E-state index contributed by atoms with van der Waals surface area (Å²) in [6, 6.07) is 0. The van der Waals surface area contributed by atoms with Crippen molar-refractivity contribution in [3.63, 3.8) is 0 Å². The van der Waals surface area contributed by atoms with Crippen LogP contribution in [0.25, 0.3) is 0 Å². The van der Waals surface area contributed by atoms with Gasteiger partial charge in [-0.3, -0.25) is 0 Å². The van der Waals surface area contributed by atoms with Crippen LogP contribution in [-0.2, 0) is 0 Å². The van der Waals surface area contributed by atoms with Crippen molar-refractivity contribution in [2.75, 3.05) is 13.1 Å². The normalized spacial score (nSPS) is 46.3. The van der Waals surface area contributed by atoms with Crippen molar-refractivity contribution in [3.05, 3.63) is 11.6 Å². The first-order chi connectivity index (χ1) is 14.4. The number of hydrogen-bond donors (Lipinski definition) is 3. The number of allylic oxidation sites excluding steroid dienone is 1. The largest absolute Gasteiger partial charge is 0.393 e. The third kappa shape index (κ3) is 3.23. The van der Waals surface area contributed by atoms with E-state index in [1.165, 1.54) is 38.5 Å². The van der Waals surface area contributed by atoms with Crippen LogP contribution in [0.5, 0.6) is 0 Å². The molecule has 5 heteroatoms. The summed E-state index contributed by atoms with van der Waals surface area (Å²) in [6.07, 6.45) is 14.3. The lowest BCUT2D eigenvalue weighted by atomic mass is 9.47. The first-order valence-electron chi connectivity index (χ1n) is 12.4. The number of hydrazone groups is 1. The van der Waals surface area contributed by atoms with Gasteiger partial charge in [0.2, 0.25) is 5.96 Å². The van der Waals surface area contributed by atoms with E-state index in [0.717, 1.165) is 55.6 Å². The number of nitrogens with one attached hydrogen (secondary N) is 2. The molecule has 0 radical (unpaired) electrons. The first kappa shape index (κ1) is 20.5. The van der Waals surface area contributed by atoms with Crippen LogP contribution in [0.2, 0.25) is 0 Å². The van der Waals surface area contributed by atoms with Crippen LogP contribution in [0.4, 0.5) is 0 Å². The van der Waals surface area contributed by atoms with E-state index in [9.17, 15) is 5.11 Å². The Balaban J connectivity index is 1.31. The van der Waals surface area contributed by atoms with Gasteiger partial charge in [-0.15, -0.1) is 0 Å². The molecular formula is C25H40N4O. The molecule has 1 heterocycles. The summed E-state index contributed by atoms with van der Waals surface area (Å²) in [5, 5.41) is 18.0. The molecule has 5 rings (SSSR count). The van der Waals surface area contributed by atoms with Crippen LogP contribution in [0.1, 0.15) is 72.1 Å². The van der Waals surface area contributed by atoms with E-state index in [2.05, 4.69) is 53.9 Å². The number of hydrogen-bond acceptors (Lipinski definition) is 5. The summed E-state index contributed by atoms with van der Waals surface area (Å²) in [7, 11) is 0. The van der Waals surface area contributed by atoms with E-state index in [4.69, 9.17) is 0 Å². The molecule has 0 bridgehead atoms. The topological polar surface area (TPSA) is 69.0 Å². The van der Waals surface area contributed by atoms with Gasteiger partial charge in [0.15, 0.2) is 0 Å². The molecule has 166 valence electrons. The fourth-order valence-electron chi connectivity index (χ4n) is 8.34. The number of guanidine groups is 1. The van der Waals surface area contributed by atoms with Crippen LogP contribution in [0.3, 0.4) is 0 Å². The quantitative estimate of drug-likeness (QED) is 0.371. The molecular weight excluding hydrogens is 372 g/mol. The molecule has 5 nitrogen and oxygen atoms in total. The van der Waals surface area contributed by atoms with Crippen LogP contribution < -0.4 is 10.7 Å². The van der Waals surface area contributed by atoms with Gasteiger partial charge < -0.3 is 10.4 Å². The molecule has 1 aliphatic heterocycles. The van der Waals surface area contributed by atoms with E-state index >= 15 is 0 Å². The van der Waals surface area contributed by atoms with Gasteiger partial charge in [0.25, 0.3) is 0 Å². The molecule has 3 saturated carbocycles. The predicted octanol–water partition coefficient (Wildman–Crippen LogP) is 4.10. The van der Waals surface area contributed by atoms with Gasteiger partial charge in [-0.05, 0) is 91.8 Å². The van der Waals surface area contributed by atoms with Gasteiger partial charge in [0.05, 0.1) is 12.6 Å². The zero-order valence-electron chi connectivity index (χ0n) is 19.0. The molecule has 30 heavy (non-hydrogen) atoms. The zero-order chi connectivity index (χ0) is 20.9. The molecule has 0 amide bonds. The molecule has 0 aromatic heterocycles. The minimum absolute atomic E-state index is 0.107. The van der Waals surface area contributed by atoms with Crippen molar-refractivity contribution >= 4 is 12.2 Å². The van der Waals surface area contributed by atoms with Crippen molar-refractivity contribution in [1.82, 2.24) is 10.7 Å². The summed E-state index contributed by atoms with van der Waals surface area (Å²) >= 11 is 0. The standard InChI is InChI=1S/C25H40N4O/c1-16(15-28-29-23-26-12-13-27-23)20-6-7-21-19-5-4-17-14-18(30)8-10-24(17,2)22(19)9-11-25(20,21)3/h4,15-16,18-22,30H,5-14H2,1-3H3,(H2,26,27,29)/b28-15+/t16-,18+,19+,20-,21+,22+,24+,25-/m1/s1. The van der Waals surface area contributed by atoms with Gasteiger partial charge in [-0.2, -0.15) is 5.10 Å². The van der Waals surface area contributed by atoms with E-state index < -0.39 is 0 Å². The van der Waals surface area contributed by atoms with E-state index in [-0.39, 0.29) is 6.10 Å². The summed E-state index contributed by atoms with van der Waals surface area (Å²) in [5.41, 5.74) is 5.44. The van der Waals surface area contributed by atoms with Gasteiger partial charge in [0, 0.05) is 12.8 Å². The fraction of sp³-hybridized carbons (Fsp3) is 0.840. The lowest BCUT2D eigenvalue weighted by Crippen LogP contribution is -2.50. The Hall–Kier alpha value is -1.36. The monoisotopic (exact) mass is 412 g/mol. The Morgan fingerprint density at radius 3 is 2.90 bits per heavy atom. The summed E-state index contributed by atoms with van der Waals surface area (Å²) < 4.78 is 0. The Labute approximate surface area is 181 Å². The van der Waals surface area contributed by atoms with Crippen molar-refractivity contribution in [3.8, 4) is 0 Å². The molecule has 3 N–H and O–H groups in total. The summed E-state index contributed by atoms with van der Waals surface area (Å²) in [6.45, 7) is 9.23. The Morgan fingerprint density at radius 1 is 1.23 bits per heavy atom. The summed E-state index contributed by atoms with van der Waals surface area (Å²) in [5.74, 6) is 4.51. The number of nitrogens with zero attached hydrogens (tertiary/aromatic N) is 2. The Morgan fingerprint density at radius 2 is 2.10 bits per heavy atom. The third-order valence-corrected chi connectivity index (χ3v) is 9.94. The molecule has 0 spiro atoms. The van der Waals surface area contributed by atoms with E-state index in [1.54, 1.807) is 5.57 Å². The Bertz CT molecular complexity index is 760. The maximum Gasteiger partial charge on any atom is 0.212 e. The fourth-order valence-corrected chi connectivity index (χ4v) is 8.34. The van der Waals surface area contributed by atoms with Gasteiger partial charge >= 0.3 is 0 Å². The van der Waals surface area contributed by atoms with Crippen molar-refractivity contribution in [2.45, 2.75) is 78.2 Å². The average molecular weight is 413 g/mol. The second kappa shape index (κ2) is 7.65. The average Bonchev–Trinajstić information content (AvgIpc) is 3.35. The lowest BCUT2D eigenvalue weighted by molar-refractivity contribution is -0.0529. The number of aliphatic hydroxyl groups excluding tert-OH is 1. The predicted molar refractivity (Wildman–Crippen MR) is 122 cm³/mol. The Kier molecular flexibility index (Phi) is 5.24. The summed E-state index contributed by atoms with van der Waals surface area (Å²) in [4.78, 5) is 4.36. The highest BCUT2D eigenvalue weighted by atomic mass is 16.3. The van der Waals surface area contributed by atoms with Crippen LogP contribution >= 0.6 is 0 Å². The molecule has 5 aliphatic rings. The minimum Gasteiger partial charge on any atom is -0.393 e. The molecule has 8 atom stereocenters. The number of fused-ring (bicyclic) bond motifs is 5. The maximum atomic E-state index is 10.2. The zero-order valence-corrected chi connectivity index (χ0v) is 19.0. The smallest absolute Gasteiger partial charge is 0.212 e. The second-order valence-electron chi connectivity index (χ2n) is 11.3. The van der Waals surface area contributed by atoms with Crippen LogP contribution in [-0.4, -0.2) is 36.5 Å². The second-order valence-corrected chi connectivity index (χ2v) is 11.3. The highest BCUT2D eigenvalue weighted by Crippen LogP contribution is 2.67. The van der Waals surface area contributed by atoms with Gasteiger partial charge in [-0.1, -0.05) is 32.4 Å². The minimum atomic E-state index is -0.107. The lowest BCUT2D eigenvalue weighted by Gasteiger charge is -2.58. The van der Waals surface area contributed by atoms with Crippen molar-refractivity contribution in [1.29, 1.82) is 0 Å². The number of aliphatic hydroxyl groups is 1. The van der Waals surface area contributed by atoms with Crippen LogP contribution in [0, 0.1) is 40.4 Å². The molecule has 3 fully saturated rings. The highest BCUT2D eigenvalue weighted by molar-refractivity contribution is 5.81. The molecule has 0 aromatic rings. The van der Waals surface area contributed by atoms with Crippen molar-refractivity contribution < 1.29 is 5.11 Å². The van der Waals surface area contributed by atoms with Gasteiger partial charge in [0.1, 0.15) is 0 Å². The number of rotatable bonds is 3. The first-order valence-corrected chi connectivity index (χ1v) is 12.4. The van der Waals surface area contributed by atoms with E-state index in [0.29, 0.717) is 16.7 Å². The van der Waals surface area contributed by atoms with Crippen molar-refractivity contribution in [2.24, 2.45) is 50.5 Å². The molecule has 0 unspecified atom stereocenters.